The molecule has 0 aromatic heterocycles. The molecule has 0 saturated carbocycles. The van der Waals surface area contributed by atoms with Gasteiger partial charge in [0.15, 0.2) is 0 Å². The molecule has 0 saturated heterocycles. The number of hydrogen-bond donors (Lipinski definition) is 1. The van der Waals surface area contributed by atoms with Gasteiger partial charge in [0.2, 0.25) is 0 Å². The second kappa shape index (κ2) is 7.66. The lowest BCUT2D eigenvalue weighted by Gasteiger charge is -2.08. The van der Waals surface area contributed by atoms with E-state index in [0.717, 1.165) is 11.3 Å². The molecule has 0 heterocycles. The molecule has 3 rings (SSSR count). The van der Waals surface area contributed by atoms with Crippen molar-refractivity contribution < 1.29 is 9.53 Å². The second-order valence-electron chi connectivity index (χ2n) is 5.25. The van der Waals surface area contributed by atoms with Crippen molar-refractivity contribution in [1.29, 1.82) is 0 Å². The van der Waals surface area contributed by atoms with Gasteiger partial charge in [-0.25, -0.2) is 0 Å². The van der Waals surface area contributed by atoms with E-state index in [1.54, 1.807) is 36.4 Å². The highest BCUT2D eigenvalue weighted by Crippen LogP contribution is 2.21. The number of rotatable bonds is 5. The van der Waals surface area contributed by atoms with Gasteiger partial charge >= 0.3 is 0 Å². The van der Waals surface area contributed by atoms with Crippen LogP contribution in [0.3, 0.4) is 0 Å². The highest BCUT2D eigenvalue weighted by Gasteiger charge is 2.06. The molecule has 0 unspecified atom stereocenters. The van der Waals surface area contributed by atoms with E-state index < -0.39 is 0 Å². The second-order valence-corrected chi connectivity index (χ2v) is 5.69. The lowest BCUT2D eigenvalue weighted by molar-refractivity contribution is 0.0951. The Labute approximate surface area is 145 Å². The molecule has 3 aromatic carbocycles. The summed E-state index contributed by atoms with van der Waals surface area (Å²) in [6, 6.07) is 24.0. The molecule has 0 aliphatic rings. The zero-order valence-corrected chi connectivity index (χ0v) is 13.7. The SMILES string of the molecule is O=C(NCc1ccc(Cl)cc1)c1ccc(Oc2ccccc2)cc1. The van der Waals surface area contributed by atoms with Crippen LogP contribution in [0.5, 0.6) is 11.5 Å². The van der Waals surface area contributed by atoms with E-state index in [1.165, 1.54) is 0 Å². The van der Waals surface area contributed by atoms with Crippen molar-refractivity contribution in [3.05, 3.63) is 95.0 Å². The minimum Gasteiger partial charge on any atom is -0.457 e. The molecule has 120 valence electrons. The van der Waals surface area contributed by atoms with Crippen LogP contribution in [-0.2, 0) is 6.54 Å². The quantitative estimate of drug-likeness (QED) is 0.706. The monoisotopic (exact) mass is 337 g/mol. The standard InChI is InChI=1S/C20H16ClNO2/c21-17-10-6-15(7-11-17)14-22-20(23)16-8-12-19(13-9-16)24-18-4-2-1-3-5-18/h1-13H,14H2,(H,22,23). The van der Waals surface area contributed by atoms with Crippen LogP contribution in [0, 0.1) is 0 Å². The summed E-state index contributed by atoms with van der Waals surface area (Å²) in [6.07, 6.45) is 0. The Morgan fingerprint density at radius 3 is 2.12 bits per heavy atom. The number of halogens is 1. The van der Waals surface area contributed by atoms with Gasteiger partial charge in [0, 0.05) is 17.1 Å². The third-order valence-electron chi connectivity index (χ3n) is 3.46. The summed E-state index contributed by atoms with van der Waals surface area (Å²) in [7, 11) is 0. The molecule has 0 aliphatic heterocycles. The number of para-hydroxylation sites is 1. The van der Waals surface area contributed by atoms with E-state index in [4.69, 9.17) is 16.3 Å². The van der Waals surface area contributed by atoms with Crippen LogP contribution in [0.1, 0.15) is 15.9 Å². The van der Waals surface area contributed by atoms with Crippen LogP contribution >= 0.6 is 11.6 Å². The summed E-state index contributed by atoms with van der Waals surface area (Å²) in [5.41, 5.74) is 1.58. The molecule has 1 N–H and O–H groups in total. The molecule has 4 heteroatoms. The first-order valence-electron chi connectivity index (χ1n) is 7.56. The Morgan fingerprint density at radius 2 is 1.46 bits per heavy atom. The lowest BCUT2D eigenvalue weighted by Crippen LogP contribution is -2.22. The predicted molar refractivity (Wildman–Crippen MR) is 95.6 cm³/mol. The van der Waals surface area contributed by atoms with Gasteiger partial charge in [-0.3, -0.25) is 4.79 Å². The zero-order chi connectivity index (χ0) is 16.8. The summed E-state index contributed by atoms with van der Waals surface area (Å²) in [6.45, 7) is 0.457. The number of carbonyl (C=O) groups excluding carboxylic acids is 1. The van der Waals surface area contributed by atoms with Crippen LogP contribution < -0.4 is 10.1 Å². The molecule has 3 nitrogen and oxygen atoms in total. The maximum Gasteiger partial charge on any atom is 0.251 e. The Hall–Kier alpha value is -2.78. The van der Waals surface area contributed by atoms with E-state index in [2.05, 4.69) is 5.32 Å². The third kappa shape index (κ3) is 4.37. The first kappa shape index (κ1) is 16.1. The first-order valence-corrected chi connectivity index (χ1v) is 7.94. The molecule has 0 spiro atoms. The van der Waals surface area contributed by atoms with Gasteiger partial charge in [-0.15, -0.1) is 0 Å². The van der Waals surface area contributed by atoms with Gasteiger partial charge < -0.3 is 10.1 Å². The smallest absolute Gasteiger partial charge is 0.251 e. The Kier molecular flexibility index (Phi) is 5.14. The average Bonchev–Trinajstić information content (AvgIpc) is 2.62. The fourth-order valence-electron chi connectivity index (χ4n) is 2.19. The van der Waals surface area contributed by atoms with Crippen molar-refractivity contribution >= 4 is 17.5 Å². The lowest BCUT2D eigenvalue weighted by atomic mass is 10.2. The Bertz CT molecular complexity index is 799. The highest BCUT2D eigenvalue weighted by atomic mass is 35.5. The number of ether oxygens (including phenoxy) is 1. The molecule has 1 amide bonds. The molecule has 0 atom stereocenters. The minimum atomic E-state index is -0.129. The molecule has 0 radical (unpaired) electrons. The largest absolute Gasteiger partial charge is 0.457 e. The maximum atomic E-state index is 12.2. The van der Waals surface area contributed by atoms with Gasteiger partial charge in [0.1, 0.15) is 11.5 Å². The summed E-state index contributed by atoms with van der Waals surface area (Å²) in [5, 5.41) is 3.56. The molecule has 0 bridgehead atoms. The summed E-state index contributed by atoms with van der Waals surface area (Å²) >= 11 is 5.84. The third-order valence-corrected chi connectivity index (χ3v) is 3.71. The number of carbonyl (C=O) groups is 1. The van der Waals surface area contributed by atoms with Crippen LogP contribution in [-0.4, -0.2) is 5.91 Å². The normalized spacial score (nSPS) is 10.2. The molecule has 0 fully saturated rings. The summed E-state index contributed by atoms with van der Waals surface area (Å²) < 4.78 is 5.71. The minimum absolute atomic E-state index is 0.129. The van der Waals surface area contributed by atoms with Crippen molar-refractivity contribution in [2.45, 2.75) is 6.54 Å². The van der Waals surface area contributed by atoms with Gasteiger partial charge in [-0.2, -0.15) is 0 Å². The van der Waals surface area contributed by atoms with Crippen LogP contribution in [0.2, 0.25) is 5.02 Å². The van der Waals surface area contributed by atoms with E-state index in [1.807, 2.05) is 42.5 Å². The molecular weight excluding hydrogens is 322 g/mol. The first-order chi connectivity index (χ1) is 11.7. The number of amides is 1. The Balaban J connectivity index is 1.58. The predicted octanol–water partition coefficient (Wildman–Crippen LogP) is 5.06. The van der Waals surface area contributed by atoms with Crippen molar-refractivity contribution in [2.75, 3.05) is 0 Å². The molecule has 24 heavy (non-hydrogen) atoms. The van der Waals surface area contributed by atoms with Crippen molar-refractivity contribution in [3.8, 4) is 11.5 Å². The van der Waals surface area contributed by atoms with Crippen LogP contribution in [0.4, 0.5) is 0 Å². The average molecular weight is 338 g/mol. The fraction of sp³-hybridized carbons (Fsp3) is 0.0500. The van der Waals surface area contributed by atoms with Gasteiger partial charge in [-0.05, 0) is 54.1 Å². The number of benzene rings is 3. The summed E-state index contributed by atoms with van der Waals surface area (Å²) in [5.74, 6) is 1.32. The zero-order valence-electron chi connectivity index (χ0n) is 12.9. The van der Waals surface area contributed by atoms with Gasteiger partial charge in [0.05, 0.1) is 0 Å². The van der Waals surface area contributed by atoms with Crippen LogP contribution in [0.25, 0.3) is 0 Å². The van der Waals surface area contributed by atoms with E-state index >= 15 is 0 Å². The summed E-state index contributed by atoms with van der Waals surface area (Å²) in [4.78, 5) is 12.2. The molecule has 3 aromatic rings. The van der Waals surface area contributed by atoms with Crippen molar-refractivity contribution in [3.63, 3.8) is 0 Å². The van der Waals surface area contributed by atoms with Crippen molar-refractivity contribution in [2.24, 2.45) is 0 Å². The number of nitrogens with one attached hydrogen (secondary N) is 1. The van der Waals surface area contributed by atoms with Crippen LogP contribution in [0.15, 0.2) is 78.9 Å². The van der Waals surface area contributed by atoms with E-state index in [0.29, 0.717) is 22.9 Å². The Morgan fingerprint density at radius 1 is 0.833 bits per heavy atom. The number of hydrogen-bond acceptors (Lipinski definition) is 2. The molecular formula is C20H16ClNO2. The highest BCUT2D eigenvalue weighted by molar-refractivity contribution is 6.30. The van der Waals surface area contributed by atoms with E-state index in [-0.39, 0.29) is 5.91 Å². The maximum absolute atomic E-state index is 12.2. The molecule has 0 aliphatic carbocycles. The van der Waals surface area contributed by atoms with E-state index in [9.17, 15) is 4.79 Å². The van der Waals surface area contributed by atoms with Gasteiger partial charge in [-0.1, -0.05) is 41.9 Å². The fourth-order valence-corrected chi connectivity index (χ4v) is 2.31. The van der Waals surface area contributed by atoms with Crippen molar-refractivity contribution in [1.82, 2.24) is 5.32 Å². The van der Waals surface area contributed by atoms with Gasteiger partial charge in [0.25, 0.3) is 5.91 Å². The topological polar surface area (TPSA) is 38.3 Å².